The number of anilines is 2. The molecule has 3 rings (SSSR count). The number of imidazole rings is 1. The molecule has 0 aliphatic carbocycles. The van der Waals surface area contributed by atoms with Crippen LogP contribution in [0.5, 0.6) is 0 Å². The van der Waals surface area contributed by atoms with E-state index >= 15 is 0 Å². The van der Waals surface area contributed by atoms with Crippen LogP contribution in [0.25, 0.3) is 4.96 Å². The molecule has 0 aliphatic rings. The van der Waals surface area contributed by atoms with Crippen LogP contribution in [0.15, 0.2) is 34.9 Å². The lowest BCUT2D eigenvalue weighted by Gasteiger charge is -2.08. The van der Waals surface area contributed by atoms with E-state index in [2.05, 4.69) is 20.0 Å². The molecule has 7 nitrogen and oxygen atoms in total. The second-order valence-corrected chi connectivity index (χ2v) is 6.95. The number of pyridine rings is 1. The highest BCUT2D eigenvalue weighted by Crippen LogP contribution is 2.26. The molecule has 21 heavy (non-hydrogen) atoms. The Labute approximate surface area is 129 Å². The normalized spacial score (nSPS) is 11.7. The van der Waals surface area contributed by atoms with Gasteiger partial charge in [-0.3, -0.25) is 9.12 Å². The Kier molecular flexibility index (Phi) is 3.47. The fourth-order valence-electron chi connectivity index (χ4n) is 1.81. The van der Waals surface area contributed by atoms with Gasteiger partial charge < -0.3 is 5.32 Å². The average Bonchev–Trinajstić information content (AvgIpc) is 3.00. The molecule has 3 heterocycles. The van der Waals surface area contributed by atoms with Crippen LogP contribution in [0.3, 0.4) is 0 Å². The van der Waals surface area contributed by atoms with Crippen molar-refractivity contribution in [2.24, 2.45) is 0 Å². The minimum atomic E-state index is -3.83. The quantitative estimate of drug-likeness (QED) is 0.758. The number of halogens is 1. The number of aromatic nitrogens is 3. The largest absolute Gasteiger partial charge is 0.371 e. The maximum atomic E-state index is 12.6. The van der Waals surface area contributed by atoms with E-state index in [-0.39, 0.29) is 16.7 Å². The van der Waals surface area contributed by atoms with Crippen molar-refractivity contribution >= 4 is 49.6 Å². The lowest BCUT2D eigenvalue weighted by molar-refractivity contribution is 0.597. The van der Waals surface area contributed by atoms with Gasteiger partial charge in [0.2, 0.25) is 5.03 Å². The van der Waals surface area contributed by atoms with Crippen molar-refractivity contribution in [3.63, 3.8) is 0 Å². The fourth-order valence-corrected chi connectivity index (χ4v) is 3.99. The van der Waals surface area contributed by atoms with Gasteiger partial charge in [-0.15, -0.1) is 11.3 Å². The molecule has 10 heteroatoms. The molecule has 0 unspecified atom stereocenters. The highest BCUT2D eigenvalue weighted by atomic mass is 35.5. The lowest BCUT2D eigenvalue weighted by atomic mass is 10.5. The van der Waals surface area contributed by atoms with Crippen LogP contribution in [0, 0.1) is 0 Å². The van der Waals surface area contributed by atoms with E-state index in [0.29, 0.717) is 9.98 Å². The molecule has 0 atom stereocenters. The highest BCUT2D eigenvalue weighted by Gasteiger charge is 2.25. The summed E-state index contributed by atoms with van der Waals surface area (Å²) in [6.45, 7) is 0. The summed E-state index contributed by atoms with van der Waals surface area (Å²) >= 11 is 7.08. The van der Waals surface area contributed by atoms with Crippen LogP contribution >= 0.6 is 22.9 Å². The number of sulfonamides is 1. The van der Waals surface area contributed by atoms with Crippen molar-refractivity contribution in [2.75, 3.05) is 17.1 Å². The van der Waals surface area contributed by atoms with Crippen molar-refractivity contribution in [3.8, 4) is 0 Å². The van der Waals surface area contributed by atoms with Crippen molar-refractivity contribution in [2.45, 2.75) is 5.03 Å². The van der Waals surface area contributed by atoms with Gasteiger partial charge in [0.1, 0.15) is 5.82 Å². The molecule has 110 valence electrons. The van der Waals surface area contributed by atoms with Crippen molar-refractivity contribution in [1.82, 2.24) is 14.4 Å². The number of hydrogen-bond acceptors (Lipinski definition) is 6. The summed E-state index contributed by atoms with van der Waals surface area (Å²) < 4.78 is 29.0. The van der Waals surface area contributed by atoms with Crippen LogP contribution in [0.4, 0.5) is 11.6 Å². The van der Waals surface area contributed by atoms with Gasteiger partial charge in [0.15, 0.2) is 10.8 Å². The Morgan fingerprint density at radius 3 is 2.86 bits per heavy atom. The molecule has 0 aliphatic heterocycles. The molecule has 0 saturated carbocycles. The molecular weight excluding hydrogens is 334 g/mol. The third-order valence-electron chi connectivity index (χ3n) is 2.68. The minimum absolute atomic E-state index is 0.0398. The van der Waals surface area contributed by atoms with Gasteiger partial charge in [-0.2, -0.15) is 8.42 Å². The predicted molar refractivity (Wildman–Crippen MR) is 82.7 cm³/mol. The van der Waals surface area contributed by atoms with Gasteiger partial charge in [0.25, 0.3) is 10.0 Å². The van der Waals surface area contributed by atoms with E-state index in [1.807, 2.05) is 0 Å². The van der Waals surface area contributed by atoms with Crippen LogP contribution in [0.2, 0.25) is 5.02 Å². The van der Waals surface area contributed by atoms with E-state index in [0.717, 1.165) is 0 Å². The molecular formula is C11H10ClN5O2S2. The summed E-state index contributed by atoms with van der Waals surface area (Å²) in [5.74, 6) is 0.468. The number of nitrogens with one attached hydrogen (secondary N) is 2. The molecule has 0 fully saturated rings. The van der Waals surface area contributed by atoms with Crippen LogP contribution in [0.1, 0.15) is 0 Å². The minimum Gasteiger partial charge on any atom is -0.371 e. The van der Waals surface area contributed by atoms with Crippen molar-refractivity contribution < 1.29 is 8.42 Å². The Hall–Kier alpha value is -1.84. The van der Waals surface area contributed by atoms with Gasteiger partial charge in [-0.25, -0.2) is 9.97 Å². The second-order valence-electron chi connectivity index (χ2n) is 4.04. The molecule has 0 amide bonds. The Morgan fingerprint density at radius 1 is 1.38 bits per heavy atom. The van der Waals surface area contributed by atoms with E-state index in [4.69, 9.17) is 11.6 Å². The Morgan fingerprint density at radius 2 is 2.19 bits per heavy atom. The second kappa shape index (κ2) is 5.17. The smallest absolute Gasteiger partial charge is 0.282 e. The summed E-state index contributed by atoms with van der Waals surface area (Å²) in [6, 6.07) is 3.05. The van der Waals surface area contributed by atoms with Crippen molar-refractivity contribution in [3.05, 3.63) is 34.9 Å². The Balaban J connectivity index is 2.07. The average molecular weight is 344 g/mol. The zero-order chi connectivity index (χ0) is 15.0. The number of hydrogen-bond donors (Lipinski definition) is 2. The highest BCUT2D eigenvalue weighted by molar-refractivity contribution is 7.92. The number of nitrogens with zero attached hydrogens (tertiary/aromatic N) is 3. The zero-order valence-electron chi connectivity index (χ0n) is 10.7. The third kappa shape index (κ3) is 2.55. The predicted octanol–water partition coefficient (Wildman–Crippen LogP) is 2.29. The first-order valence-electron chi connectivity index (χ1n) is 5.79. The Bertz CT molecular complexity index is 885. The first kappa shape index (κ1) is 14.1. The van der Waals surface area contributed by atoms with E-state index < -0.39 is 10.0 Å². The molecule has 0 spiro atoms. The first-order valence-corrected chi connectivity index (χ1v) is 8.53. The van der Waals surface area contributed by atoms with Gasteiger partial charge >= 0.3 is 0 Å². The summed E-state index contributed by atoms with van der Waals surface area (Å²) in [7, 11) is -2.22. The summed E-state index contributed by atoms with van der Waals surface area (Å²) in [6.07, 6.45) is 3.02. The SMILES string of the molecule is CNc1nc2sccn2c1S(=O)(=O)Nc1ccc(Cl)cn1. The molecule has 0 radical (unpaired) electrons. The van der Waals surface area contributed by atoms with Gasteiger partial charge in [0.05, 0.1) is 5.02 Å². The van der Waals surface area contributed by atoms with E-state index in [9.17, 15) is 8.42 Å². The summed E-state index contributed by atoms with van der Waals surface area (Å²) in [4.78, 5) is 8.74. The van der Waals surface area contributed by atoms with E-state index in [1.54, 1.807) is 24.7 Å². The number of rotatable bonds is 4. The fraction of sp³-hybridized carbons (Fsp3) is 0.0909. The molecule has 0 bridgehead atoms. The molecule has 3 aromatic heterocycles. The maximum absolute atomic E-state index is 12.6. The van der Waals surface area contributed by atoms with Crippen LogP contribution in [-0.2, 0) is 10.0 Å². The number of thiazole rings is 1. The molecule has 0 aromatic carbocycles. The molecule has 2 N–H and O–H groups in total. The molecule has 3 aromatic rings. The summed E-state index contributed by atoms with van der Waals surface area (Å²) in [5.41, 5.74) is 0. The van der Waals surface area contributed by atoms with Gasteiger partial charge in [-0.05, 0) is 12.1 Å². The number of fused-ring (bicyclic) bond motifs is 1. The van der Waals surface area contributed by atoms with Crippen molar-refractivity contribution in [1.29, 1.82) is 0 Å². The first-order chi connectivity index (χ1) is 10.0. The zero-order valence-corrected chi connectivity index (χ0v) is 13.1. The van der Waals surface area contributed by atoms with Gasteiger partial charge in [-0.1, -0.05) is 11.6 Å². The van der Waals surface area contributed by atoms with Crippen LogP contribution in [-0.4, -0.2) is 29.8 Å². The lowest BCUT2D eigenvalue weighted by Crippen LogP contribution is -2.17. The maximum Gasteiger partial charge on any atom is 0.282 e. The van der Waals surface area contributed by atoms with Crippen LogP contribution < -0.4 is 10.0 Å². The topological polar surface area (TPSA) is 88.4 Å². The summed E-state index contributed by atoms with van der Waals surface area (Å²) in [5, 5.41) is 5.02. The molecule has 0 saturated heterocycles. The monoisotopic (exact) mass is 343 g/mol. The third-order valence-corrected chi connectivity index (χ3v) is 5.03. The van der Waals surface area contributed by atoms with Gasteiger partial charge in [0, 0.05) is 24.8 Å². The standard InChI is InChI=1S/C11H10ClN5O2S2/c1-13-9-10(17-4-5-20-11(17)15-9)21(18,19)16-8-3-2-7(12)6-14-8/h2-6,13H,1H3,(H,14,16). The van der Waals surface area contributed by atoms with E-state index in [1.165, 1.54) is 28.0 Å².